The Morgan fingerprint density at radius 1 is 1.32 bits per heavy atom. The van der Waals surface area contributed by atoms with Gasteiger partial charge in [-0.05, 0) is 45.0 Å². The van der Waals surface area contributed by atoms with Crippen LogP contribution in [0.2, 0.25) is 0 Å². The summed E-state index contributed by atoms with van der Waals surface area (Å²) < 4.78 is 26.6. The van der Waals surface area contributed by atoms with Gasteiger partial charge >= 0.3 is 0 Å². The Hall–Kier alpha value is -2.02. The maximum absolute atomic E-state index is 13.5. The van der Waals surface area contributed by atoms with Gasteiger partial charge in [-0.15, -0.1) is 0 Å². The summed E-state index contributed by atoms with van der Waals surface area (Å²) in [5.41, 5.74) is 5.09. The van der Waals surface area contributed by atoms with Crippen LogP contribution in [-0.2, 0) is 9.59 Å². The minimum atomic E-state index is -0.686. The summed E-state index contributed by atoms with van der Waals surface area (Å²) in [6.45, 7) is 2.82. The first-order valence-corrected chi connectivity index (χ1v) is 7.17. The van der Waals surface area contributed by atoms with Crippen molar-refractivity contribution in [2.24, 2.45) is 11.7 Å². The molecule has 1 aliphatic heterocycles. The molecule has 1 saturated heterocycles. The lowest BCUT2D eigenvalue weighted by molar-refractivity contribution is -0.124. The SMILES string of the molecule is C[C@@H](C(=O)Nc1cc(F)ccc1F)N1CCC(C(N)=O)CC1. The summed E-state index contributed by atoms with van der Waals surface area (Å²) in [6.07, 6.45) is 1.20. The number of amides is 2. The Labute approximate surface area is 127 Å². The first-order valence-electron chi connectivity index (χ1n) is 7.17. The van der Waals surface area contributed by atoms with Crippen molar-refractivity contribution in [1.29, 1.82) is 0 Å². The Balaban J connectivity index is 1.95. The molecule has 1 fully saturated rings. The van der Waals surface area contributed by atoms with Gasteiger partial charge in [-0.2, -0.15) is 0 Å². The van der Waals surface area contributed by atoms with Crippen LogP contribution in [0.4, 0.5) is 14.5 Å². The molecule has 0 unspecified atom stereocenters. The summed E-state index contributed by atoms with van der Waals surface area (Å²) >= 11 is 0. The van der Waals surface area contributed by atoms with Crippen molar-refractivity contribution in [3.8, 4) is 0 Å². The van der Waals surface area contributed by atoms with Crippen molar-refractivity contribution in [1.82, 2.24) is 4.90 Å². The van der Waals surface area contributed by atoms with Crippen molar-refractivity contribution < 1.29 is 18.4 Å². The van der Waals surface area contributed by atoms with Crippen molar-refractivity contribution in [2.45, 2.75) is 25.8 Å². The van der Waals surface area contributed by atoms with Crippen LogP contribution in [0.15, 0.2) is 18.2 Å². The van der Waals surface area contributed by atoms with E-state index < -0.39 is 23.6 Å². The quantitative estimate of drug-likeness (QED) is 0.884. The molecule has 1 aliphatic rings. The zero-order valence-electron chi connectivity index (χ0n) is 12.3. The second-order valence-electron chi connectivity index (χ2n) is 5.50. The highest BCUT2D eigenvalue weighted by atomic mass is 19.1. The molecule has 0 bridgehead atoms. The Kier molecular flexibility index (Phi) is 5.07. The van der Waals surface area contributed by atoms with Gasteiger partial charge in [0.1, 0.15) is 11.6 Å². The van der Waals surface area contributed by atoms with Gasteiger partial charge in [0.05, 0.1) is 11.7 Å². The fraction of sp³-hybridized carbons (Fsp3) is 0.467. The molecule has 0 spiro atoms. The number of nitrogens with two attached hydrogens (primary N) is 1. The van der Waals surface area contributed by atoms with E-state index in [1.54, 1.807) is 6.92 Å². The number of anilines is 1. The highest BCUT2D eigenvalue weighted by molar-refractivity contribution is 5.94. The first-order chi connectivity index (χ1) is 10.4. The number of nitrogens with zero attached hydrogens (tertiary/aromatic N) is 1. The second-order valence-corrected chi connectivity index (χ2v) is 5.50. The molecule has 1 heterocycles. The molecule has 2 amide bonds. The van der Waals surface area contributed by atoms with Gasteiger partial charge < -0.3 is 11.1 Å². The van der Waals surface area contributed by atoms with Crippen LogP contribution in [0.25, 0.3) is 0 Å². The number of primary amides is 1. The van der Waals surface area contributed by atoms with Crippen LogP contribution in [0.1, 0.15) is 19.8 Å². The summed E-state index contributed by atoms with van der Waals surface area (Å²) in [6, 6.07) is 2.40. The van der Waals surface area contributed by atoms with Crippen LogP contribution < -0.4 is 11.1 Å². The van der Waals surface area contributed by atoms with E-state index in [1.807, 2.05) is 4.90 Å². The van der Waals surface area contributed by atoms with Crippen molar-refractivity contribution in [2.75, 3.05) is 18.4 Å². The average molecular weight is 311 g/mol. The van der Waals surface area contributed by atoms with Crippen LogP contribution in [0.5, 0.6) is 0 Å². The molecule has 5 nitrogen and oxygen atoms in total. The van der Waals surface area contributed by atoms with Gasteiger partial charge in [0.15, 0.2) is 0 Å². The van der Waals surface area contributed by atoms with Crippen LogP contribution >= 0.6 is 0 Å². The van der Waals surface area contributed by atoms with E-state index in [0.717, 1.165) is 18.2 Å². The normalized spacial score (nSPS) is 18.0. The van der Waals surface area contributed by atoms with Gasteiger partial charge in [-0.1, -0.05) is 0 Å². The third-order valence-electron chi connectivity index (χ3n) is 4.05. The number of piperidine rings is 1. The van der Waals surface area contributed by atoms with E-state index in [-0.39, 0.29) is 17.5 Å². The van der Waals surface area contributed by atoms with E-state index >= 15 is 0 Å². The number of nitrogens with one attached hydrogen (secondary N) is 1. The van der Waals surface area contributed by atoms with Crippen LogP contribution in [0, 0.1) is 17.6 Å². The number of benzene rings is 1. The standard InChI is InChI=1S/C15H19F2N3O2/c1-9(20-6-4-10(5-7-20)14(18)21)15(22)19-13-8-11(16)2-3-12(13)17/h2-3,8-10H,4-7H2,1H3,(H2,18,21)(H,19,22)/t9-/m0/s1. The summed E-state index contributed by atoms with van der Waals surface area (Å²) in [7, 11) is 0. The van der Waals surface area contributed by atoms with E-state index in [9.17, 15) is 18.4 Å². The predicted octanol–water partition coefficient (Wildman–Crippen LogP) is 1.49. The second kappa shape index (κ2) is 6.83. The molecule has 0 radical (unpaired) electrons. The highest BCUT2D eigenvalue weighted by Crippen LogP contribution is 2.20. The van der Waals surface area contributed by atoms with Crippen LogP contribution in [-0.4, -0.2) is 35.8 Å². The fourth-order valence-corrected chi connectivity index (χ4v) is 2.57. The fourth-order valence-electron chi connectivity index (χ4n) is 2.57. The number of rotatable bonds is 4. The highest BCUT2D eigenvalue weighted by Gasteiger charge is 2.29. The molecule has 7 heteroatoms. The zero-order chi connectivity index (χ0) is 16.3. The smallest absolute Gasteiger partial charge is 0.241 e. The van der Waals surface area contributed by atoms with Gasteiger partial charge in [0, 0.05) is 12.0 Å². The van der Waals surface area contributed by atoms with Crippen molar-refractivity contribution in [3.63, 3.8) is 0 Å². The number of carbonyl (C=O) groups is 2. The minimum Gasteiger partial charge on any atom is -0.369 e. The first kappa shape index (κ1) is 16.4. The Morgan fingerprint density at radius 3 is 2.55 bits per heavy atom. The van der Waals surface area contributed by atoms with E-state index in [1.165, 1.54) is 0 Å². The molecule has 1 aromatic carbocycles. The number of halogens is 2. The van der Waals surface area contributed by atoms with Crippen molar-refractivity contribution >= 4 is 17.5 Å². The lowest BCUT2D eigenvalue weighted by Crippen LogP contribution is -2.47. The van der Waals surface area contributed by atoms with E-state index in [2.05, 4.69) is 5.32 Å². The molecule has 2 rings (SSSR count). The predicted molar refractivity (Wildman–Crippen MR) is 77.9 cm³/mol. The van der Waals surface area contributed by atoms with Gasteiger partial charge in [0.25, 0.3) is 0 Å². The largest absolute Gasteiger partial charge is 0.369 e. The van der Waals surface area contributed by atoms with Gasteiger partial charge in [-0.25, -0.2) is 8.78 Å². The van der Waals surface area contributed by atoms with Crippen LogP contribution in [0.3, 0.4) is 0 Å². The van der Waals surface area contributed by atoms with E-state index in [0.29, 0.717) is 25.9 Å². The summed E-state index contributed by atoms with van der Waals surface area (Å²) in [4.78, 5) is 25.2. The topological polar surface area (TPSA) is 75.4 Å². The summed E-state index contributed by atoms with van der Waals surface area (Å²) in [5.74, 6) is -2.20. The lowest BCUT2D eigenvalue weighted by Gasteiger charge is -2.34. The number of hydrogen-bond donors (Lipinski definition) is 2. The maximum atomic E-state index is 13.5. The molecule has 22 heavy (non-hydrogen) atoms. The third-order valence-corrected chi connectivity index (χ3v) is 4.05. The molecule has 120 valence electrons. The number of hydrogen-bond acceptors (Lipinski definition) is 3. The maximum Gasteiger partial charge on any atom is 0.241 e. The Morgan fingerprint density at radius 2 is 1.95 bits per heavy atom. The zero-order valence-corrected chi connectivity index (χ0v) is 12.3. The molecule has 0 saturated carbocycles. The van der Waals surface area contributed by atoms with E-state index in [4.69, 9.17) is 5.73 Å². The van der Waals surface area contributed by atoms with Gasteiger partial charge in [-0.3, -0.25) is 14.5 Å². The summed E-state index contributed by atoms with van der Waals surface area (Å²) in [5, 5.41) is 2.39. The molecule has 0 aromatic heterocycles. The molecule has 1 aromatic rings. The molecule has 3 N–H and O–H groups in total. The third kappa shape index (κ3) is 3.79. The molecular formula is C15H19F2N3O2. The number of carbonyl (C=O) groups excluding carboxylic acids is 2. The lowest BCUT2D eigenvalue weighted by atomic mass is 9.95. The number of likely N-dealkylation sites (tertiary alicyclic amines) is 1. The molecule has 0 aliphatic carbocycles. The Bertz CT molecular complexity index is 572. The van der Waals surface area contributed by atoms with Gasteiger partial charge in [0.2, 0.25) is 11.8 Å². The van der Waals surface area contributed by atoms with Crippen molar-refractivity contribution in [3.05, 3.63) is 29.8 Å². The molecule has 1 atom stereocenters. The molecular weight excluding hydrogens is 292 g/mol. The minimum absolute atomic E-state index is 0.160. The monoisotopic (exact) mass is 311 g/mol. The average Bonchev–Trinajstić information content (AvgIpc) is 2.50.